The highest BCUT2D eigenvalue weighted by atomic mass is 35.5. The van der Waals surface area contributed by atoms with Crippen molar-refractivity contribution in [2.75, 3.05) is 0 Å². The lowest BCUT2D eigenvalue weighted by atomic mass is 9.82. The van der Waals surface area contributed by atoms with Gasteiger partial charge in [-0.15, -0.1) is 0 Å². The van der Waals surface area contributed by atoms with Crippen LogP contribution in [0.15, 0.2) is 36.5 Å². The molecule has 0 aliphatic rings. The lowest BCUT2D eigenvalue weighted by molar-refractivity contribution is -0.132. The van der Waals surface area contributed by atoms with Gasteiger partial charge in [-0.3, -0.25) is 4.79 Å². The van der Waals surface area contributed by atoms with E-state index in [0.717, 1.165) is 0 Å². The van der Waals surface area contributed by atoms with E-state index in [-0.39, 0.29) is 5.78 Å². The van der Waals surface area contributed by atoms with Crippen molar-refractivity contribution < 1.29 is 9.53 Å². The summed E-state index contributed by atoms with van der Waals surface area (Å²) in [6.07, 6.45) is 1.51. The summed E-state index contributed by atoms with van der Waals surface area (Å²) in [5, 5.41) is 8.70. The van der Waals surface area contributed by atoms with Crippen molar-refractivity contribution in [3.05, 3.63) is 42.2 Å². The van der Waals surface area contributed by atoms with Gasteiger partial charge in [0, 0.05) is 0 Å². The number of aromatic nitrogens is 3. The monoisotopic (exact) mass is 293 g/mol. The van der Waals surface area contributed by atoms with Crippen molar-refractivity contribution >= 4 is 17.4 Å². The summed E-state index contributed by atoms with van der Waals surface area (Å²) in [6, 6.07) is 8.98. The van der Waals surface area contributed by atoms with Gasteiger partial charge in [-0.2, -0.15) is 15.4 Å². The number of halogens is 1. The number of ether oxygens (including phenoxy) is 1. The Labute approximate surface area is 122 Å². The van der Waals surface area contributed by atoms with Gasteiger partial charge in [-0.1, -0.05) is 29.8 Å². The normalized spacial score (nSPS) is 14.6. The minimum atomic E-state index is -1.48. The summed E-state index contributed by atoms with van der Waals surface area (Å²) in [4.78, 5) is 12.7. The number of benzene rings is 1. The molecule has 1 unspecified atom stereocenters. The summed E-state index contributed by atoms with van der Waals surface area (Å²) >= 11 is 6.29. The van der Waals surface area contributed by atoms with Crippen LogP contribution in [0, 0.1) is 0 Å². The Bertz CT molecular complexity index is 580. The predicted octanol–water partition coefficient (Wildman–Crippen LogP) is 2.69. The lowest BCUT2D eigenvalue weighted by Gasteiger charge is -2.30. The third-order valence-electron chi connectivity index (χ3n) is 3.08. The standard InChI is InChI=1S/C14H16ClN3O2/c1-13(2,11-9-16-18-17-11)12(19)14(3,15)20-10-7-5-4-6-8-10/h4-9H,1-3H3,(H,16,17,18). The zero-order valence-corrected chi connectivity index (χ0v) is 12.3. The molecule has 1 N–H and O–H groups in total. The molecule has 0 spiro atoms. The number of carbonyl (C=O) groups is 1. The van der Waals surface area contributed by atoms with Crippen LogP contribution < -0.4 is 4.74 Å². The SMILES string of the molecule is CC(Cl)(Oc1ccccc1)C(=O)C(C)(C)c1cn[nH]n1. The Kier molecular flexibility index (Phi) is 3.81. The number of nitrogens with one attached hydrogen (secondary N) is 1. The van der Waals surface area contributed by atoms with E-state index in [1.807, 2.05) is 18.2 Å². The number of carbonyl (C=O) groups excluding carboxylic acids is 1. The molecule has 0 saturated heterocycles. The molecular formula is C14H16ClN3O2. The molecule has 106 valence electrons. The molecule has 0 amide bonds. The number of H-pyrrole nitrogens is 1. The Morgan fingerprint density at radius 2 is 1.90 bits per heavy atom. The number of aromatic amines is 1. The fourth-order valence-corrected chi connectivity index (χ4v) is 2.26. The van der Waals surface area contributed by atoms with Crippen LogP contribution in [-0.4, -0.2) is 26.3 Å². The maximum absolute atomic E-state index is 12.7. The van der Waals surface area contributed by atoms with Crippen molar-refractivity contribution in [3.8, 4) is 5.75 Å². The summed E-state index contributed by atoms with van der Waals surface area (Å²) in [5.41, 5.74) is -0.385. The van der Waals surface area contributed by atoms with Gasteiger partial charge in [-0.05, 0) is 32.9 Å². The Balaban J connectivity index is 2.23. The number of Topliss-reactive ketones (excluding diaryl/α,β-unsaturated/α-hetero) is 1. The minimum Gasteiger partial charge on any atom is -0.465 e. The van der Waals surface area contributed by atoms with E-state index < -0.39 is 10.5 Å². The van der Waals surface area contributed by atoms with Crippen LogP contribution in [0.1, 0.15) is 26.5 Å². The van der Waals surface area contributed by atoms with Crippen molar-refractivity contribution in [2.24, 2.45) is 0 Å². The molecule has 0 saturated carbocycles. The van der Waals surface area contributed by atoms with Gasteiger partial charge in [0.15, 0.2) is 0 Å². The summed E-state index contributed by atoms with van der Waals surface area (Å²) in [5.74, 6) is 0.249. The van der Waals surface area contributed by atoms with Crippen LogP contribution in [-0.2, 0) is 10.2 Å². The first-order chi connectivity index (χ1) is 9.34. The van der Waals surface area contributed by atoms with Gasteiger partial charge in [-0.25, -0.2) is 0 Å². The number of para-hydroxylation sites is 1. The van der Waals surface area contributed by atoms with Crippen molar-refractivity contribution in [1.82, 2.24) is 15.4 Å². The minimum absolute atomic E-state index is 0.288. The topological polar surface area (TPSA) is 67.9 Å². The van der Waals surface area contributed by atoms with E-state index in [2.05, 4.69) is 15.4 Å². The number of hydrogen-bond acceptors (Lipinski definition) is 4. The van der Waals surface area contributed by atoms with Gasteiger partial charge in [0.2, 0.25) is 10.8 Å². The number of rotatable bonds is 5. The smallest absolute Gasteiger partial charge is 0.238 e. The molecule has 0 aliphatic carbocycles. The maximum Gasteiger partial charge on any atom is 0.238 e. The molecule has 6 heteroatoms. The van der Waals surface area contributed by atoms with Crippen LogP contribution in [0.2, 0.25) is 0 Å². The molecule has 0 radical (unpaired) electrons. The van der Waals surface area contributed by atoms with E-state index in [1.165, 1.54) is 13.1 Å². The summed E-state index contributed by atoms with van der Waals surface area (Å²) in [7, 11) is 0. The average molecular weight is 294 g/mol. The van der Waals surface area contributed by atoms with Gasteiger partial charge in [0.25, 0.3) is 0 Å². The number of alkyl halides is 1. The maximum atomic E-state index is 12.7. The number of hydrogen-bond donors (Lipinski definition) is 1. The van der Waals surface area contributed by atoms with Crippen LogP contribution >= 0.6 is 11.6 Å². The van der Waals surface area contributed by atoms with Gasteiger partial charge >= 0.3 is 0 Å². The second-order valence-corrected chi connectivity index (χ2v) is 5.86. The second-order valence-electron chi connectivity index (χ2n) is 5.14. The van der Waals surface area contributed by atoms with E-state index >= 15 is 0 Å². The van der Waals surface area contributed by atoms with Crippen molar-refractivity contribution in [1.29, 1.82) is 0 Å². The zero-order chi connectivity index (χ0) is 14.8. The van der Waals surface area contributed by atoms with Crippen LogP contribution in [0.3, 0.4) is 0 Å². The molecule has 0 bridgehead atoms. The summed E-state index contributed by atoms with van der Waals surface area (Å²) < 4.78 is 5.61. The summed E-state index contributed by atoms with van der Waals surface area (Å²) in [6.45, 7) is 5.01. The molecule has 0 aliphatic heterocycles. The van der Waals surface area contributed by atoms with Crippen molar-refractivity contribution in [2.45, 2.75) is 31.2 Å². The van der Waals surface area contributed by atoms with Gasteiger partial charge < -0.3 is 4.74 Å². The van der Waals surface area contributed by atoms with E-state index in [4.69, 9.17) is 16.3 Å². The number of ketones is 1. The molecule has 1 heterocycles. The molecule has 2 aromatic rings. The molecule has 5 nitrogen and oxygen atoms in total. The molecule has 20 heavy (non-hydrogen) atoms. The first-order valence-electron chi connectivity index (χ1n) is 6.18. The van der Waals surface area contributed by atoms with Gasteiger partial charge in [0.05, 0.1) is 17.3 Å². The largest absolute Gasteiger partial charge is 0.465 e. The number of nitrogens with zero attached hydrogens (tertiary/aromatic N) is 2. The predicted molar refractivity (Wildman–Crippen MR) is 75.7 cm³/mol. The molecule has 1 aromatic heterocycles. The third-order valence-corrected chi connectivity index (χ3v) is 3.33. The van der Waals surface area contributed by atoms with Gasteiger partial charge in [0.1, 0.15) is 5.75 Å². The Morgan fingerprint density at radius 1 is 1.25 bits per heavy atom. The molecular weight excluding hydrogens is 278 g/mol. The van der Waals surface area contributed by atoms with Crippen LogP contribution in [0.25, 0.3) is 0 Å². The first-order valence-corrected chi connectivity index (χ1v) is 6.56. The second kappa shape index (κ2) is 5.25. The van der Waals surface area contributed by atoms with Crippen LogP contribution in [0.4, 0.5) is 0 Å². The Morgan fingerprint density at radius 3 is 2.45 bits per heavy atom. The quantitative estimate of drug-likeness (QED) is 0.861. The van der Waals surface area contributed by atoms with E-state index in [1.54, 1.807) is 26.0 Å². The average Bonchev–Trinajstić information content (AvgIpc) is 2.93. The van der Waals surface area contributed by atoms with E-state index in [0.29, 0.717) is 11.4 Å². The lowest BCUT2D eigenvalue weighted by Crippen LogP contribution is -2.46. The Hall–Kier alpha value is -1.88. The first kappa shape index (κ1) is 14.5. The molecule has 1 atom stereocenters. The van der Waals surface area contributed by atoms with E-state index in [9.17, 15) is 4.79 Å². The zero-order valence-electron chi connectivity index (χ0n) is 11.6. The van der Waals surface area contributed by atoms with Crippen LogP contribution in [0.5, 0.6) is 5.75 Å². The fraction of sp³-hybridized carbons (Fsp3) is 0.357. The molecule has 2 rings (SSSR count). The highest BCUT2D eigenvalue weighted by molar-refractivity contribution is 6.35. The molecule has 1 aromatic carbocycles. The highest BCUT2D eigenvalue weighted by Gasteiger charge is 2.45. The highest BCUT2D eigenvalue weighted by Crippen LogP contribution is 2.32. The third kappa shape index (κ3) is 2.82. The fourth-order valence-electron chi connectivity index (χ4n) is 1.93. The molecule has 0 fully saturated rings. The van der Waals surface area contributed by atoms with Crippen molar-refractivity contribution in [3.63, 3.8) is 0 Å².